The summed E-state index contributed by atoms with van der Waals surface area (Å²) in [6, 6.07) is 4.29. The molecule has 0 aliphatic carbocycles. The second-order valence-corrected chi connectivity index (χ2v) is 8.56. The molecular formula is C22H32IN3O3. The van der Waals surface area contributed by atoms with Crippen LogP contribution in [0, 0.1) is 11.8 Å². The molecule has 1 aromatic carbocycles. The van der Waals surface area contributed by atoms with Gasteiger partial charge in [-0.3, -0.25) is 4.99 Å². The lowest BCUT2D eigenvalue weighted by molar-refractivity contribution is 0.0767. The predicted octanol–water partition coefficient (Wildman–Crippen LogP) is 3.21. The van der Waals surface area contributed by atoms with Gasteiger partial charge in [-0.15, -0.1) is 24.0 Å². The van der Waals surface area contributed by atoms with Gasteiger partial charge in [0.15, 0.2) is 5.96 Å². The van der Waals surface area contributed by atoms with E-state index in [0.29, 0.717) is 37.2 Å². The molecule has 0 spiro atoms. The quantitative estimate of drug-likeness (QED) is 0.381. The van der Waals surface area contributed by atoms with Crippen molar-refractivity contribution in [3.63, 3.8) is 0 Å². The second-order valence-electron chi connectivity index (χ2n) is 8.56. The van der Waals surface area contributed by atoms with Crippen molar-refractivity contribution in [2.45, 2.75) is 58.0 Å². The van der Waals surface area contributed by atoms with Crippen molar-refractivity contribution in [3.8, 4) is 11.5 Å². The topological polar surface area (TPSA) is 55.3 Å². The van der Waals surface area contributed by atoms with Gasteiger partial charge < -0.3 is 24.4 Å². The highest BCUT2D eigenvalue weighted by Gasteiger charge is 2.53. The fourth-order valence-corrected chi connectivity index (χ4v) is 5.55. The molecule has 29 heavy (non-hydrogen) atoms. The maximum Gasteiger partial charge on any atom is 0.193 e. The van der Waals surface area contributed by atoms with Crippen LogP contribution in [0.2, 0.25) is 0 Å². The van der Waals surface area contributed by atoms with E-state index >= 15 is 0 Å². The molecule has 0 aromatic heterocycles. The molecule has 3 fully saturated rings. The molecule has 5 atom stereocenters. The largest absolute Gasteiger partial charge is 0.494 e. The second kappa shape index (κ2) is 8.49. The van der Waals surface area contributed by atoms with Crippen molar-refractivity contribution in [2.75, 3.05) is 26.7 Å². The molecule has 4 aliphatic rings. The number of benzene rings is 1. The van der Waals surface area contributed by atoms with E-state index in [1.807, 2.05) is 14.0 Å². The number of fused-ring (bicyclic) bond motifs is 6. The maximum atomic E-state index is 6.11. The number of aliphatic imine (C=N–C) groups is 1. The zero-order chi connectivity index (χ0) is 19.3. The highest BCUT2D eigenvalue weighted by Crippen LogP contribution is 2.47. The summed E-state index contributed by atoms with van der Waals surface area (Å²) < 4.78 is 18.0. The molecule has 7 heteroatoms. The van der Waals surface area contributed by atoms with E-state index in [1.54, 1.807) is 0 Å². The van der Waals surface area contributed by atoms with Gasteiger partial charge in [-0.2, -0.15) is 0 Å². The summed E-state index contributed by atoms with van der Waals surface area (Å²) in [5.74, 6) is 4.27. The van der Waals surface area contributed by atoms with Crippen molar-refractivity contribution >= 4 is 29.9 Å². The molecule has 1 aromatic rings. The average Bonchev–Trinajstić information content (AvgIpc) is 3.43. The van der Waals surface area contributed by atoms with Gasteiger partial charge in [0.05, 0.1) is 18.8 Å². The van der Waals surface area contributed by atoms with Crippen LogP contribution in [-0.2, 0) is 17.7 Å². The summed E-state index contributed by atoms with van der Waals surface area (Å²) in [5.41, 5.74) is 2.37. The average molecular weight is 513 g/mol. The Balaban J connectivity index is 0.00000205. The van der Waals surface area contributed by atoms with Crippen LogP contribution in [-0.4, -0.2) is 55.9 Å². The van der Waals surface area contributed by atoms with Gasteiger partial charge in [0, 0.05) is 56.1 Å². The lowest BCUT2D eigenvalue weighted by atomic mass is 9.82. The Bertz CT molecular complexity index is 769. The van der Waals surface area contributed by atoms with Crippen LogP contribution in [0.15, 0.2) is 17.1 Å². The molecule has 3 saturated heterocycles. The minimum Gasteiger partial charge on any atom is -0.494 e. The first-order valence-electron chi connectivity index (χ1n) is 10.7. The normalized spacial score (nSPS) is 31.9. The zero-order valence-electron chi connectivity index (χ0n) is 17.5. The Morgan fingerprint density at radius 1 is 1.24 bits per heavy atom. The molecule has 160 valence electrons. The number of ether oxygens (including phenoxy) is 3. The summed E-state index contributed by atoms with van der Waals surface area (Å²) in [5, 5.41) is 3.57. The Labute approximate surface area is 190 Å². The predicted molar refractivity (Wildman–Crippen MR) is 123 cm³/mol. The number of nitrogens with one attached hydrogen (secondary N) is 1. The first kappa shape index (κ1) is 21.0. The van der Waals surface area contributed by atoms with Gasteiger partial charge >= 0.3 is 0 Å². The van der Waals surface area contributed by atoms with Crippen LogP contribution in [0.3, 0.4) is 0 Å². The van der Waals surface area contributed by atoms with Crippen LogP contribution in [0.4, 0.5) is 0 Å². The van der Waals surface area contributed by atoms with Crippen LogP contribution in [0.25, 0.3) is 0 Å². The van der Waals surface area contributed by atoms with Crippen molar-refractivity contribution in [1.82, 2.24) is 10.2 Å². The van der Waals surface area contributed by atoms with E-state index in [-0.39, 0.29) is 30.1 Å². The number of halogens is 1. The first-order chi connectivity index (χ1) is 13.7. The monoisotopic (exact) mass is 513 g/mol. The summed E-state index contributed by atoms with van der Waals surface area (Å²) >= 11 is 0. The number of likely N-dealkylation sites (tertiary alicyclic amines) is 1. The molecule has 5 unspecified atom stereocenters. The number of guanidine groups is 1. The number of rotatable bonds is 4. The molecular weight excluding hydrogens is 481 g/mol. The molecule has 1 N–H and O–H groups in total. The minimum atomic E-state index is 0. The molecule has 5 rings (SSSR count). The summed E-state index contributed by atoms with van der Waals surface area (Å²) in [7, 11) is 1.87. The summed E-state index contributed by atoms with van der Waals surface area (Å²) in [6.45, 7) is 7.59. The van der Waals surface area contributed by atoms with Gasteiger partial charge in [0.1, 0.15) is 17.6 Å². The maximum absolute atomic E-state index is 6.11. The first-order valence-corrected chi connectivity index (χ1v) is 10.7. The number of hydrogen-bond acceptors (Lipinski definition) is 4. The zero-order valence-corrected chi connectivity index (χ0v) is 19.8. The van der Waals surface area contributed by atoms with E-state index in [9.17, 15) is 0 Å². The number of hydrogen-bond donors (Lipinski definition) is 1. The number of nitrogens with zero attached hydrogens (tertiary/aromatic N) is 2. The van der Waals surface area contributed by atoms with Crippen LogP contribution >= 0.6 is 24.0 Å². The van der Waals surface area contributed by atoms with Crippen molar-refractivity contribution in [2.24, 2.45) is 16.8 Å². The smallest absolute Gasteiger partial charge is 0.193 e. The highest BCUT2D eigenvalue weighted by atomic mass is 127. The Morgan fingerprint density at radius 2 is 1.97 bits per heavy atom. The molecule has 4 heterocycles. The fraction of sp³-hybridized carbons (Fsp3) is 0.682. The Kier molecular flexibility index (Phi) is 6.16. The molecule has 4 aliphatic heterocycles. The van der Waals surface area contributed by atoms with E-state index in [2.05, 4.69) is 34.3 Å². The van der Waals surface area contributed by atoms with E-state index in [4.69, 9.17) is 14.2 Å². The SMILES string of the molecule is CCOc1cc2c(cc1CNC(=NC)N1CC3C4CCC(O4)C3C1)OC(C)C2.I. The molecule has 0 amide bonds. The third-order valence-corrected chi connectivity index (χ3v) is 6.78. The summed E-state index contributed by atoms with van der Waals surface area (Å²) in [6.07, 6.45) is 4.60. The lowest BCUT2D eigenvalue weighted by Crippen LogP contribution is -2.41. The molecule has 0 saturated carbocycles. The standard InChI is InChI=1S/C22H31N3O3.HI/c1-4-26-20-8-14-7-13(2)27-21(14)9-15(20)10-24-22(23-3)25-11-16-17(12-25)19-6-5-18(16)28-19;/h8-9,13,16-19H,4-7,10-12H2,1-3H3,(H,23,24);1H. The van der Waals surface area contributed by atoms with Crippen LogP contribution < -0.4 is 14.8 Å². The van der Waals surface area contributed by atoms with Crippen molar-refractivity contribution in [1.29, 1.82) is 0 Å². The van der Waals surface area contributed by atoms with Gasteiger partial charge in [0.2, 0.25) is 0 Å². The van der Waals surface area contributed by atoms with E-state index in [0.717, 1.165) is 42.5 Å². The Hall–Kier alpha value is -1.22. The fourth-order valence-electron chi connectivity index (χ4n) is 5.55. The van der Waals surface area contributed by atoms with Gasteiger partial charge in [0.25, 0.3) is 0 Å². The molecule has 0 radical (unpaired) electrons. The van der Waals surface area contributed by atoms with Crippen molar-refractivity contribution in [3.05, 3.63) is 23.3 Å². The minimum absolute atomic E-state index is 0. The van der Waals surface area contributed by atoms with Crippen molar-refractivity contribution < 1.29 is 14.2 Å². The molecule has 6 nitrogen and oxygen atoms in total. The molecule has 2 bridgehead atoms. The van der Waals surface area contributed by atoms with Gasteiger partial charge in [-0.25, -0.2) is 0 Å². The highest BCUT2D eigenvalue weighted by molar-refractivity contribution is 14.0. The Morgan fingerprint density at radius 3 is 2.62 bits per heavy atom. The van der Waals surface area contributed by atoms with E-state index < -0.39 is 0 Å². The van der Waals surface area contributed by atoms with Crippen LogP contribution in [0.1, 0.15) is 37.8 Å². The third kappa shape index (κ3) is 3.80. The third-order valence-electron chi connectivity index (χ3n) is 6.78. The van der Waals surface area contributed by atoms with Gasteiger partial charge in [-0.1, -0.05) is 0 Å². The lowest BCUT2D eigenvalue weighted by Gasteiger charge is -2.24. The van der Waals surface area contributed by atoms with E-state index in [1.165, 1.54) is 18.4 Å². The van der Waals surface area contributed by atoms with Crippen LogP contribution in [0.5, 0.6) is 11.5 Å². The summed E-state index contributed by atoms with van der Waals surface area (Å²) in [4.78, 5) is 6.97. The van der Waals surface area contributed by atoms with Gasteiger partial charge in [-0.05, 0) is 38.8 Å².